The first-order valence-electron chi connectivity index (χ1n) is 9.68. The van der Waals surface area contributed by atoms with Gasteiger partial charge in [0.05, 0.1) is 11.1 Å². The quantitative estimate of drug-likeness (QED) is 0.363. The van der Waals surface area contributed by atoms with Gasteiger partial charge in [-0.3, -0.25) is 4.79 Å². The number of carbonyl (C=O) groups excluding carboxylic acids is 1. The van der Waals surface area contributed by atoms with E-state index in [2.05, 4.69) is 4.98 Å². The molecule has 156 valence electrons. The fourth-order valence-corrected chi connectivity index (χ4v) is 3.39. The summed E-state index contributed by atoms with van der Waals surface area (Å²) in [5, 5.41) is 19.6. The summed E-state index contributed by atoms with van der Waals surface area (Å²) in [4.78, 5) is 30.1. The number of ketones is 1. The second-order valence-corrected chi connectivity index (χ2v) is 7.49. The highest BCUT2D eigenvalue weighted by Crippen LogP contribution is 2.25. The Morgan fingerprint density at radius 2 is 1.58 bits per heavy atom. The average molecular weight is 415 g/mol. The third-order valence-electron chi connectivity index (χ3n) is 5.16. The molecule has 0 radical (unpaired) electrons. The van der Waals surface area contributed by atoms with Gasteiger partial charge in [-0.1, -0.05) is 24.3 Å². The molecule has 3 aromatic carbocycles. The Morgan fingerprint density at radius 1 is 0.935 bits per heavy atom. The number of anilines is 1. The summed E-state index contributed by atoms with van der Waals surface area (Å²) < 4.78 is 0.938. The van der Waals surface area contributed by atoms with Crippen LogP contribution in [0.15, 0.2) is 66.7 Å². The first kappa shape index (κ1) is 20.2. The second-order valence-electron chi connectivity index (χ2n) is 7.49. The summed E-state index contributed by atoms with van der Waals surface area (Å²) in [6, 6.07) is 19.0. The Labute approximate surface area is 178 Å². The highest BCUT2D eigenvalue weighted by Gasteiger charge is 2.15. The Morgan fingerprint density at radius 3 is 2.19 bits per heavy atom. The van der Waals surface area contributed by atoms with E-state index in [-0.39, 0.29) is 17.8 Å². The third-order valence-corrected chi connectivity index (χ3v) is 5.16. The number of nitrogens with zero attached hydrogens (tertiary/aromatic N) is 3. The van der Waals surface area contributed by atoms with Gasteiger partial charge in [0.2, 0.25) is 0 Å². The van der Waals surface area contributed by atoms with Crippen LogP contribution in [0.4, 0.5) is 5.69 Å². The molecule has 0 fully saturated rings. The molecule has 0 saturated carbocycles. The Balaban J connectivity index is 1.54. The monoisotopic (exact) mass is 415 g/mol. The molecular formula is C24H21N3O4. The molecule has 7 nitrogen and oxygen atoms in total. The van der Waals surface area contributed by atoms with Crippen LogP contribution in [0.3, 0.4) is 0 Å². The maximum atomic E-state index is 12.6. The van der Waals surface area contributed by atoms with Crippen molar-refractivity contribution in [2.75, 3.05) is 19.0 Å². The van der Waals surface area contributed by atoms with Crippen LogP contribution in [-0.2, 0) is 6.42 Å². The number of carboxylic acid groups (broad SMARTS) is 1. The molecule has 1 heterocycles. The zero-order chi connectivity index (χ0) is 22.1. The number of hydrogen-bond donors (Lipinski definition) is 2. The molecule has 0 aliphatic rings. The maximum Gasteiger partial charge on any atom is 0.335 e. The predicted molar refractivity (Wildman–Crippen MR) is 118 cm³/mol. The SMILES string of the molecule is CN(C)c1ccc(C(=O)Cc2ccc(-c3nc4cc(C(=O)O)ccc4n3O)cc2)cc1. The van der Waals surface area contributed by atoms with Gasteiger partial charge in [0.1, 0.15) is 5.52 Å². The highest BCUT2D eigenvalue weighted by molar-refractivity contribution is 5.98. The van der Waals surface area contributed by atoms with Crippen LogP contribution in [-0.4, -0.2) is 45.9 Å². The molecule has 0 aliphatic heterocycles. The summed E-state index contributed by atoms with van der Waals surface area (Å²) in [5.41, 5.74) is 4.09. The Bertz CT molecular complexity index is 1270. The van der Waals surface area contributed by atoms with Gasteiger partial charge in [0, 0.05) is 37.3 Å². The molecular weight excluding hydrogens is 394 g/mol. The van der Waals surface area contributed by atoms with E-state index in [1.165, 1.54) is 18.2 Å². The number of carbonyl (C=O) groups is 2. The van der Waals surface area contributed by atoms with Gasteiger partial charge in [-0.25, -0.2) is 9.78 Å². The van der Waals surface area contributed by atoms with Crippen molar-refractivity contribution in [2.45, 2.75) is 6.42 Å². The molecule has 1 aromatic heterocycles. The molecule has 0 spiro atoms. The van der Waals surface area contributed by atoms with Crippen LogP contribution in [0.5, 0.6) is 0 Å². The summed E-state index contributed by atoms with van der Waals surface area (Å²) in [7, 11) is 3.90. The molecule has 4 rings (SSSR count). The first-order chi connectivity index (χ1) is 14.8. The minimum Gasteiger partial charge on any atom is -0.478 e. The fraction of sp³-hybridized carbons (Fsp3) is 0.125. The molecule has 31 heavy (non-hydrogen) atoms. The van der Waals surface area contributed by atoms with Gasteiger partial charge in [-0.15, -0.1) is 0 Å². The minimum absolute atomic E-state index is 0.0219. The summed E-state index contributed by atoms with van der Waals surface area (Å²) in [6.07, 6.45) is 0.263. The van der Waals surface area contributed by atoms with Crippen molar-refractivity contribution in [3.63, 3.8) is 0 Å². The molecule has 0 bridgehead atoms. The van der Waals surface area contributed by atoms with Crippen LogP contribution in [0.1, 0.15) is 26.3 Å². The molecule has 7 heteroatoms. The molecule has 2 N–H and O–H groups in total. The van der Waals surface area contributed by atoms with Gasteiger partial charge < -0.3 is 15.2 Å². The van der Waals surface area contributed by atoms with Crippen LogP contribution in [0.2, 0.25) is 0 Å². The van der Waals surface area contributed by atoms with Gasteiger partial charge in [-0.05, 0) is 48.0 Å². The van der Waals surface area contributed by atoms with Gasteiger partial charge in [-0.2, -0.15) is 4.73 Å². The topological polar surface area (TPSA) is 95.7 Å². The van der Waals surface area contributed by atoms with E-state index in [9.17, 15) is 14.8 Å². The van der Waals surface area contributed by atoms with Crippen LogP contribution >= 0.6 is 0 Å². The molecule has 0 unspecified atom stereocenters. The van der Waals surface area contributed by atoms with Crippen LogP contribution < -0.4 is 4.90 Å². The zero-order valence-corrected chi connectivity index (χ0v) is 17.1. The molecule has 0 saturated heterocycles. The first-order valence-corrected chi connectivity index (χ1v) is 9.68. The molecule has 4 aromatic rings. The van der Waals surface area contributed by atoms with Crippen LogP contribution in [0.25, 0.3) is 22.4 Å². The van der Waals surface area contributed by atoms with Crippen molar-refractivity contribution in [1.82, 2.24) is 9.71 Å². The van der Waals surface area contributed by atoms with Crippen molar-refractivity contribution in [1.29, 1.82) is 0 Å². The smallest absolute Gasteiger partial charge is 0.335 e. The van der Waals surface area contributed by atoms with E-state index in [0.717, 1.165) is 16.0 Å². The molecule has 0 amide bonds. The number of fused-ring (bicyclic) bond motifs is 1. The lowest BCUT2D eigenvalue weighted by Gasteiger charge is -2.12. The molecule has 0 aliphatic carbocycles. The van der Waals surface area contributed by atoms with Crippen molar-refractivity contribution in [3.05, 3.63) is 83.4 Å². The number of benzene rings is 3. The van der Waals surface area contributed by atoms with Crippen molar-refractivity contribution < 1.29 is 19.9 Å². The third kappa shape index (κ3) is 3.98. The highest BCUT2D eigenvalue weighted by atomic mass is 16.5. The van der Waals surface area contributed by atoms with E-state index in [4.69, 9.17) is 5.11 Å². The Hall–Kier alpha value is -4.13. The van der Waals surface area contributed by atoms with E-state index in [1.54, 1.807) is 12.1 Å². The van der Waals surface area contributed by atoms with E-state index in [1.807, 2.05) is 55.4 Å². The normalized spacial score (nSPS) is 10.9. The number of rotatable bonds is 6. The van der Waals surface area contributed by atoms with Crippen molar-refractivity contribution in [2.24, 2.45) is 0 Å². The summed E-state index contributed by atoms with van der Waals surface area (Å²) in [6.45, 7) is 0. The zero-order valence-electron chi connectivity index (χ0n) is 17.1. The second kappa shape index (κ2) is 7.95. The van der Waals surface area contributed by atoms with Gasteiger partial charge >= 0.3 is 5.97 Å². The fourth-order valence-electron chi connectivity index (χ4n) is 3.39. The predicted octanol–water partition coefficient (Wildman–Crippen LogP) is 4.13. The minimum atomic E-state index is -1.05. The van der Waals surface area contributed by atoms with E-state index >= 15 is 0 Å². The van der Waals surface area contributed by atoms with E-state index in [0.29, 0.717) is 28.0 Å². The number of aromatic carboxylic acids is 1. The van der Waals surface area contributed by atoms with E-state index < -0.39 is 5.97 Å². The van der Waals surface area contributed by atoms with Gasteiger partial charge in [0.15, 0.2) is 11.6 Å². The standard InChI is InChI=1S/C24H21N3O4/c1-26(2)19-10-7-16(8-11-19)22(28)13-15-3-5-17(6-4-15)23-25-20-14-18(24(29)30)9-12-21(20)27(23)31/h3-12,14,31H,13H2,1-2H3,(H,29,30). The van der Waals surface area contributed by atoms with Gasteiger partial charge in [0.25, 0.3) is 0 Å². The number of imidazole rings is 1. The lowest BCUT2D eigenvalue weighted by Crippen LogP contribution is -2.09. The van der Waals surface area contributed by atoms with Crippen LogP contribution in [0, 0.1) is 0 Å². The number of Topliss-reactive ketones (excluding diaryl/α,β-unsaturated/α-hetero) is 1. The summed E-state index contributed by atoms with van der Waals surface area (Å²) >= 11 is 0. The average Bonchev–Trinajstić information content (AvgIpc) is 3.10. The largest absolute Gasteiger partial charge is 0.478 e. The lowest BCUT2D eigenvalue weighted by molar-refractivity contribution is 0.0696. The molecule has 0 atom stereocenters. The summed E-state index contributed by atoms with van der Waals surface area (Å²) in [5.74, 6) is -0.732. The van der Waals surface area contributed by atoms with Crippen molar-refractivity contribution >= 4 is 28.5 Å². The lowest BCUT2D eigenvalue weighted by atomic mass is 10.0. The number of carboxylic acids is 1. The number of hydrogen-bond acceptors (Lipinski definition) is 5. The van der Waals surface area contributed by atoms with Crippen molar-refractivity contribution in [3.8, 4) is 11.4 Å². The maximum absolute atomic E-state index is 12.6. The number of aromatic nitrogens is 2. The Kier molecular flexibility index (Phi) is 5.17.